The minimum absolute atomic E-state index is 0.0270. The Morgan fingerprint density at radius 2 is 1.76 bits per heavy atom. The van der Waals surface area contributed by atoms with E-state index in [4.69, 9.17) is 21.7 Å². The zero-order chi connectivity index (χ0) is 20.8. The van der Waals surface area contributed by atoms with E-state index < -0.39 is 0 Å². The maximum atomic E-state index is 12.5. The van der Waals surface area contributed by atoms with Gasteiger partial charge in [0.2, 0.25) is 0 Å². The standard InChI is InChI=1S/C20H20BrN3O4S/c1-27-17-7-4-14(12-16(17)21)18(25)23-20(29)22-15-5-2-13(3-6-15)19(26)24-8-10-28-11-9-24/h2-7,12H,8-11H2,1H3,(H2,22,23,25,29). The van der Waals surface area contributed by atoms with Crippen molar-refractivity contribution >= 4 is 50.8 Å². The molecule has 0 aromatic heterocycles. The summed E-state index contributed by atoms with van der Waals surface area (Å²) in [7, 11) is 1.55. The number of carbonyl (C=O) groups is 2. The van der Waals surface area contributed by atoms with Crippen molar-refractivity contribution in [2.24, 2.45) is 0 Å². The molecule has 9 heteroatoms. The monoisotopic (exact) mass is 477 g/mol. The third-order valence-electron chi connectivity index (χ3n) is 4.33. The Bertz CT molecular complexity index is 914. The molecule has 0 bridgehead atoms. The zero-order valence-corrected chi connectivity index (χ0v) is 18.1. The second-order valence-corrected chi connectivity index (χ2v) is 7.50. The second-order valence-electron chi connectivity index (χ2n) is 6.24. The highest BCUT2D eigenvalue weighted by molar-refractivity contribution is 9.10. The average Bonchev–Trinajstić information content (AvgIpc) is 2.74. The van der Waals surface area contributed by atoms with Gasteiger partial charge >= 0.3 is 0 Å². The molecule has 0 radical (unpaired) electrons. The van der Waals surface area contributed by atoms with Crippen molar-refractivity contribution in [3.63, 3.8) is 0 Å². The molecule has 1 aliphatic heterocycles. The number of hydrogen-bond acceptors (Lipinski definition) is 5. The van der Waals surface area contributed by atoms with Gasteiger partial charge in [-0.1, -0.05) is 0 Å². The van der Waals surface area contributed by atoms with Crippen LogP contribution < -0.4 is 15.4 Å². The van der Waals surface area contributed by atoms with E-state index >= 15 is 0 Å². The highest BCUT2D eigenvalue weighted by Crippen LogP contribution is 2.25. The second kappa shape index (κ2) is 9.82. The fraction of sp³-hybridized carbons (Fsp3) is 0.250. The van der Waals surface area contributed by atoms with Gasteiger partial charge in [0, 0.05) is 29.9 Å². The number of ether oxygens (including phenoxy) is 2. The van der Waals surface area contributed by atoms with Crippen molar-refractivity contribution in [3.05, 3.63) is 58.1 Å². The first kappa shape index (κ1) is 21.2. The van der Waals surface area contributed by atoms with Crippen LogP contribution in [0, 0.1) is 0 Å². The van der Waals surface area contributed by atoms with Crippen molar-refractivity contribution in [1.82, 2.24) is 10.2 Å². The van der Waals surface area contributed by atoms with Crippen LogP contribution in [-0.4, -0.2) is 55.2 Å². The van der Waals surface area contributed by atoms with E-state index in [1.165, 1.54) is 0 Å². The van der Waals surface area contributed by atoms with Crippen molar-refractivity contribution in [2.45, 2.75) is 0 Å². The highest BCUT2D eigenvalue weighted by atomic mass is 79.9. The molecule has 2 aromatic rings. The smallest absolute Gasteiger partial charge is 0.257 e. The van der Waals surface area contributed by atoms with Crippen molar-refractivity contribution in [3.8, 4) is 5.75 Å². The Hall–Kier alpha value is -2.49. The van der Waals surface area contributed by atoms with E-state index in [0.717, 1.165) is 0 Å². The van der Waals surface area contributed by atoms with Crippen LogP contribution in [0.1, 0.15) is 20.7 Å². The summed E-state index contributed by atoms with van der Waals surface area (Å²) in [5.41, 5.74) is 1.70. The van der Waals surface area contributed by atoms with E-state index in [9.17, 15) is 9.59 Å². The van der Waals surface area contributed by atoms with Crippen LogP contribution >= 0.6 is 28.1 Å². The molecule has 1 saturated heterocycles. The third kappa shape index (κ3) is 5.53. The molecule has 1 fully saturated rings. The number of halogens is 1. The minimum atomic E-state index is -0.343. The summed E-state index contributed by atoms with van der Waals surface area (Å²) in [5, 5.41) is 5.73. The predicted octanol–water partition coefficient (Wildman–Crippen LogP) is 3.06. The lowest BCUT2D eigenvalue weighted by molar-refractivity contribution is 0.0303. The van der Waals surface area contributed by atoms with Gasteiger partial charge in [0.25, 0.3) is 11.8 Å². The molecule has 29 heavy (non-hydrogen) atoms. The molecule has 1 aliphatic rings. The van der Waals surface area contributed by atoms with Gasteiger partial charge in [0.05, 0.1) is 24.8 Å². The van der Waals surface area contributed by atoms with E-state index in [2.05, 4.69) is 26.6 Å². The molecule has 2 N–H and O–H groups in total. The molecule has 152 valence electrons. The molecular weight excluding hydrogens is 458 g/mol. The molecule has 2 amide bonds. The van der Waals surface area contributed by atoms with Crippen LogP contribution in [0.2, 0.25) is 0 Å². The quantitative estimate of drug-likeness (QED) is 0.658. The van der Waals surface area contributed by atoms with Gasteiger partial charge in [-0.05, 0) is 70.6 Å². The molecule has 7 nitrogen and oxygen atoms in total. The van der Waals surface area contributed by atoms with Crippen molar-refractivity contribution in [1.29, 1.82) is 0 Å². The van der Waals surface area contributed by atoms with Gasteiger partial charge < -0.3 is 19.7 Å². The number of benzene rings is 2. The molecular formula is C20H20BrN3O4S. The number of anilines is 1. The molecule has 0 aliphatic carbocycles. The van der Waals surface area contributed by atoms with Gasteiger partial charge in [-0.25, -0.2) is 0 Å². The van der Waals surface area contributed by atoms with Crippen LogP contribution in [0.15, 0.2) is 46.9 Å². The maximum Gasteiger partial charge on any atom is 0.257 e. The first-order chi connectivity index (χ1) is 14.0. The van der Waals surface area contributed by atoms with E-state index in [1.54, 1.807) is 54.5 Å². The van der Waals surface area contributed by atoms with Crippen LogP contribution in [0.4, 0.5) is 5.69 Å². The highest BCUT2D eigenvalue weighted by Gasteiger charge is 2.18. The third-order valence-corrected chi connectivity index (χ3v) is 5.15. The SMILES string of the molecule is COc1ccc(C(=O)NC(=S)Nc2ccc(C(=O)N3CCOCC3)cc2)cc1Br. The fourth-order valence-corrected chi connectivity index (χ4v) is 3.54. The largest absolute Gasteiger partial charge is 0.496 e. The maximum absolute atomic E-state index is 12.5. The number of morpholine rings is 1. The lowest BCUT2D eigenvalue weighted by Crippen LogP contribution is -2.40. The molecule has 0 unspecified atom stereocenters. The van der Waals surface area contributed by atoms with Gasteiger partial charge in [-0.3, -0.25) is 14.9 Å². The van der Waals surface area contributed by atoms with Crippen LogP contribution in [0.5, 0.6) is 5.75 Å². The Morgan fingerprint density at radius 3 is 2.38 bits per heavy atom. The van der Waals surface area contributed by atoms with Gasteiger partial charge in [0.15, 0.2) is 5.11 Å². The van der Waals surface area contributed by atoms with Crippen LogP contribution in [0.3, 0.4) is 0 Å². The summed E-state index contributed by atoms with van der Waals surface area (Å²) >= 11 is 8.56. The number of thiocarbonyl (C=S) groups is 1. The number of carbonyl (C=O) groups excluding carboxylic acids is 2. The fourth-order valence-electron chi connectivity index (χ4n) is 2.79. The summed E-state index contributed by atoms with van der Waals surface area (Å²) < 4.78 is 11.1. The summed E-state index contributed by atoms with van der Waals surface area (Å²) in [6.07, 6.45) is 0. The Kier molecular flexibility index (Phi) is 7.18. The first-order valence-electron chi connectivity index (χ1n) is 8.91. The predicted molar refractivity (Wildman–Crippen MR) is 118 cm³/mol. The lowest BCUT2D eigenvalue weighted by atomic mass is 10.1. The zero-order valence-electron chi connectivity index (χ0n) is 15.7. The summed E-state index contributed by atoms with van der Waals surface area (Å²) in [4.78, 5) is 26.6. The molecule has 1 heterocycles. The summed E-state index contributed by atoms with van der Waals surface area (Å²) in [5.74, 6) is 0.264. The molecule has 0 saturated carbocycles. The summed E-state index contributed by atoms with van der Waals surface area (Å²) in [6, 6.07) is 11.9. The van der Waals surface area contributed by atoms with Crippen LogP contribution in [0.25, 0.3) is 0 Å². The van der Waals surface area contributed by atoms with Crippen molar-refractivity contribution < 1.29 is 19.1 Å². The average molecular weight is 478 g/mol. The van der Waals surface area contributed by atoms with E-state index in [-0.39, 0.29) is 16.9 Å². The number of amides is 2. The van der Waals surface area contributed by atoms with E-state index in [0.29, 0.717) is 53.3 Å². The Balaban J connectivity index is 1.57. The lowest BCUT2D eigenvalue weighted by Gasteiger charge is -2.26. The summed E-state index contributed by atoms with van der Waals surface area (Å²) in [6.45, 7) is 2.31. The number of methoxy groups -OCH3 is 1. The number of hydrogen-bond donors (Lipinski definition) is 2. The van der Waals surface area contributed by atoms with Gasteiger partial charge in [-0.2, -0.15) is 0 Å². The Morgan fingerprint density at radius 1 is 1.10 bits per heavy atom. The number of rotatable bonds is 4. The minimum Gasteiger partial charge on any atom is -0.496 e. The van der Waals surface area contributed by atoms with Crippen molar-refractivity contribution in [2.75, 3.05) is 38.7 Å². The molecule has 0 atom stereocenters. The van der Waals surface area contributed by atoms with Gasteiger partial charge in [-0.15, -0.1) is 0 Å². The van der Waals surface area contributed by atoms with Gasteiger partial charge in [0.1, 0.15) is 5.75 Å². The van der Waals surface area contributed by atoms with Crippen LogP contribution in [-0.2, 0) is 4.74 Å². The normalized spacial score (nSPS) is 13.5. The topological polar surface area (TPSA) is 79.9 Å². The molecule has 3 rings (SSSR count). The number of nitrogens with one attached hydrogen (secondary N) is 2. The first-order valence-corrected chi connectivity index (χ1v) is 10.1. The van der Waals surface area contributed by atoms with E-state index in [1.807, 2.05) is 0 Å². The molecule has 0 spiro atoms. The Labute approximate surface area is 182 Å². The number of nitrogens with zero attached hydrogens (tertiary/aromatic N) is 1. The molecule has 2 aromatic carbocycles.